The first-order valence-corrected chi connectivity index (χ1v) is 10.1. The highest BCUT2D eigenvalue weighted by Crippen LogP contribution is 2.25. The summed E-state index contributed by atoms with van der Waals surface area (Å²) in [5.74, 6) is 0.279. The van der Waals surface area contributed by atoms with Crippen molar-refractivity contribution in [3.63, 3.8) is 0 Å². The second-order valence-corrected chi connectivity index (χ2v) is 8.39. The van der Waals surface area contributed by atoms with E-state index in [0.717, 1.165) is 22.5 Å². The van der Waals surface area contributed by atoms with E-state index in [-0.39, 0.29) is 5.91 Å². The van der Waals surface area contributed by atoms with Crippen molar-refractivity contribution < 1.29 is 9.21 Å². The second kappa shape index (κ2) is 7.59. The molecule has 1 amide bonds. The number of anilines is 1. The molecule has 0 saturated carbocycles. The largest absolute Gasteiger partial charge is 0.463 e. The maximum Gasteiger partial charge on any atom is 0.274 e. The van der Waals surface area contributed by atoms with Gasteiger partial charge in [0, 0.05) is 25.1 Å². The first kappa shape index (κ1) is 18.4. The van der Waals surface area contributed by atoms with Crippen LogP contribution < -0.4 is 5.32 Å². The molecule has 0 aliphatic carbocycles. The van der Waals surface area contributed by atoms with E-state index in [1.54, 1.807) is 12.3 Å². The maximum atomic E-state index is 12.9. The molecule has 0 radical (unpaired) electrons. The average molecular weight is 395 g/mol. The smallest absolute Gasteiger partial charge is 0.274 e. The van der Waals surface area contributed by atoms with Gasteiger partial charge >= 0.3 is 0 Å². The van der Waals surface area contributed by atoms with E-state index in [4.69, 9.17) is 4.42 Å². The zero-order valence-corrected chi connectivity index (χ0v) is 16.9. The van der Waals surface area contributed by atoms with Crippen LogP contribution in [0.1, 0.15) is 40.5 Å². The number of nitrogens with zero attached hydrogens (tertiary/aromatic N) is 3. The van der Waals surface area contributed by atoms with E-state index in [1.165, 1.54) is 16.9 Å². The van der Waals surface area contributed by atoms with Crippen LogP contribution in [0.2, 0.25) is 0 Å². The molecule has 0 saturated heterocycles. The molecular formula is C21H22N4O2S. The predicted octanol–water partition coefficient (Wildman–Crippen LogP) is 4.89. The molecule has 1 aromatic carbocycles. The van der Waals surface area contributed by atoms with Gasteiger partial charge in [-0.15, -0.1) is 10.2 Å². The first-order chi connectivity index (χ1) is 13.5. The summed E-state index contributed by atoms with van der Waals surface area (Å²) in [6, 6.07) is 11.9. The maximum absolute atomic E-state index is 12.9. The predicted molar refractivity (Wildman–Crippen MR) is 111 cm³/mol. The van der Waals surface area contributed by atoms with Gasteiger partial charge in [0.25, 0.3) is 5.91 Å². The van der Waals surface area contributed by atoms with Crippen LogP contribution in [-0.2, 0) is 13.0 Å². The number of aromatic nitrogens is 3. The quantitative estimate of drug-likeness (QED) is 0.505. The Balaban J connectivity index is 1.60. The zero-order valence-electron chi connectivity index (χ0n) is 16.1. The molecule has 144 valence electrons. The van der Waals surface area contributed by atoms with Gasteiger partial charge in [0.2, 0.25) is 5.13 Å². The average Bonchev–Trinajstić information content (AvgIpc) is 3.34. The summed E-state index contributed by atoms with van der Waals surface area (Å²) in [5.41, 5.74) is 4.44. The van der Waals surface area contributed by atoms with Crippen molar-refractivity contribution in [2.24, 2.45) is 5.92 Å². The summed E-state index contributed by atoms with van der Waals surface area (Å²) < 4.78 is 7.49. The fourth-order valence-electron chi connectivity index (χ4n) is 3.11. The lowest BCUT2D eigenvalue weighted by Crippen LogP contribution is -2.17. The van der Waals surface area contributed by atoms with Crippen LogP contribution in [-0.4, -0.2) is 20.7 Å². The van der Waals surface area contributed by atoms with Crippen molar-refractivity contribution in [2.75, 3.05) is 5.32 Å². The van der Waals surface area contributed by atoms with E-state index >= 15 is 0 Å². The Labute approximate surface area is 167 Å². The number of benzene rings is 1. The molecule has 0 unspecified atom stereocenters. The van der Waals surface area contributed by atoms with Gasteiger partial charge in [-0.3, -0.25) is 10.1 Å². The first-order valence-electron chi connectivity index (χ1n) is 9.25. The lowest BCUT2D eigenvalue weighted by atomic mass is 10.1. The second-order valence-electron chi connectivity index (χ2n) is 7.32. The van der Waals surface area contributed by atoms with Crippen LogP contribution >= 0.6 is 11.3 Å². The number of aryl methyl sites for hydroxylation is 1. The molecule has 7 heteroatoms. The van der Waals surface area contributed by atoms with Gasteiger partial charge in [0.15, 0.2) is 5.58 Å². The number of amides is 1. The third-order valence-corrected chi connectivity index (χ3v) is 5.35. The Kier molecular flexibility index (Phi) is 5.00. The summed E-state index contributed by atoms with van der Waals surface area (Å²) in [6.45, 7) is 6.91. The van der Waals surface area contributed by atoms with E-state index in [1.807, 2.05) is 10.6 Å². The molecule has 0 atom stereocenters. The summed E-state index contributed by atoms with van der Waals surface area (Å²) >= 11 is 1.42. The number of rotatable bonds is 6. The molecule has 1 N–H and O–H groups in total. The van der Waals surface area contributed by atoms with Crippen LogP contribution in [0.15, 0.2) is 47.1 Å². The topological polar surface area (TPSA) is 73.0 Å². The van der Waals surface area contributed by atoms with Crippen molar-refractivity contribution >= 4 is 33.5 Å². The van der Waals surface area contributed by atoms with Gasteiger partial charge in [-0.25, -0.2) is 0 Å². The number of furan rings is 1. The molecule has 3 aromatic heterocycles. The minimum Gasteiger partial charge on any atom is -0.463 e. The molecule has 0 aliphatic rings. The van der Waals surface area contributed by atoms with Gasteiger partial charge in [0.1, 0.15) is 10.7 Å². The fraction of sp³-hybridized carbons (Fsp3) is 0.286. The lowest BCUT2D eigenvalue weighted by Gasteiger charge is -2.10. The van der Waals surface area contributed by atoms with Crippen molar-refractivity contribution in [3.05, 3.63) is 64.5 Å². The highest BCUT2D eigenvalue weighted by molar-refractivity contribution is 7.15. The van der Waals surface area contributed by atoms with Crippen molar-refractivity contribution in [1.82, 2.24) is 14.8 Å². The number of carbonyl (C=O) groups excluding carboxylic acids is 1. The van der Waals surface area contributed by atoms with E-state index in [9.17, 15) is 4.79 Å². The molecule has 4 aromatic rings. The third kappa shape index (κ3) is 3.84. The molecule has 28 heavy (non-hydrogen) atoms. The SMILES string of the molecule is Cc1ccc(Cn2c(C(=O)Nc3nnc(CC(C)C)s3)cc3occc32)cc1. The normalized spacial score (nSPS) is 11.4. The summed E-state index contributed by atoms with van der Waals surface area (Å²) in [5, 5.41) is 12.6. The van der Waals surface area contributed by atoms with Gasteiger partial charge < -0.3 is 8.98 Å². The van der Waals surface area contributed by atoms with Crippen LogP contribution in [0.3, 0.4) is 0 Å². The van der Waals surface area contributed by atoms with Crippen LogP contribution in [0.5, 0.6) is 0 Å². The Morgan fingerprint density at radius 3 is 2.75 bits per heavy atom. The monoisotopic (exact) mass is 394 g/mol. The summed E-state index contributed by atoms with van der Waals surface area (Å²) in [7, 11) is 0. The molecule has 6 nitrogen and oxygen atoms in total. The van der Waals surface area contributed by atoms with Crippen molar-refractivity contribution in [1.29, 1.82) is 0 Å². The Morgan fingerprint density at radius 1 is 1.21 bits per heavy atom. The minimum atomic E-state index is -0.217. The number of hydrogen-bond acceptors (Lipinski definition) is 5. The van der Waals surface area contributed by atoms with Gasteiger partial charge in [-0.1, -0.05) is 55.0 Å². The summed E-state index contributed by atoms with van der Waals surface area (Å²) in [4.78, 5) is 12.9. The molecule has 4 rings (SSSR count). The molecule has 0 aliphatic heterocycles. The van der Waals surface area contributed by atoms with Crippen molar-refractivity contribution in [3.8, 4) is 0 Å². The molecular weight excluding hydrogens is 372 g/mol. The molecule has 0 bridgehead atoms. The van der Waals surface area contributed by atoms with E-state index in [0.29, 0.717) is 28.9 Å². The lowest BCUT2D eigenvalue weighted by molar-refractivity contribution is 0.101. The van der Waals surface area contributed by atoms with Crippen LogP contribution in [0.25, 0.3) is 11.1 Å². The Bertz CT molecular complexity index is 1110. The third-order valence-electron chi connectivity index (χ3n) is 4.49. The van der Waals surface area contributed by atoms with Gasteiger partial charge in [0.05, 0.1) is 11.8 Å². The standard InChI is InChI=1S/C21H22N4O2S/c1-13(2)10-19-23-24-21(28-19)22-20(26)17-11-18-16(8-9-27-18)25(17)12-15-6-4-14(3)5-7-15/h4-9,11,13H,10,12H2,1-3H3,(H,22,24,26). The Morgan fingerprint density at radius 2 is 2.00 bits per heavy atom. The summed E-state index contributed by atoms with van der Waals surface area (Å²) in [6.07, 6.45) is 2.49. The molecule has 0 spiro atoms. The zero-order chi connectivity index (χ0) is 19.7. The number of fused-ring (bicyclic) bond motifs is 1. The number of nitrogens with one attached hydrogen (secondary N) is 1. The van der Waals surface area contributed by atoms with E-state index in [2.05, 4.69) is 60.6 Å². The van der Waals surface area contributed by atoms with E-state index < -0.39 is 0 Å². The highest BCUT2D eigenvalue weighted by atomic mass is 32.1. The molecule has 0 fully saturated rings. The van der Waals surface area contributed by atoms with Crippen LogP contribution in [0, 0.1) is 12.8 Å². The van der Waals surface area contributed by atoms with Crippen molar-refractivity contribution in [2.45, 2.75) is 33.7 Å². The van der Waals surface area contributed by atoms with Gasteiger partial charge in [-0.05, 0) is 18.4 Å². The minimum absolute atomic E-state index is 0.217. The fourth-order valence-corrected chi connectivity index (χ4v) is 4.06. The Hall–Kier alpha value is -2.93. The number of carbonyl (C=O) groups is 1. The number of hydrogen-bond donors (Lipinski definition) is 1. The van der Waals surface area contributed by atoms with Crippen LogP contribution in [0.4, 0.5) is 5.13 Å². The molecule has 3 heterocycles. The highest BCUT2D eigenvalue weighted by Gasteiger charge is 2.19. The van der Waals surface area contributed by atoms with Gasteiger partial charge in [-0.2, -0.15) is 0 Å².